The molecule has 3 nitrogen and oxygen atoms in total. The summed E-state index contributed by atoms with van der Waals surface area (Å²) in [6, 6.07) is 0.509. The van der Waals surface area contributed by atoms with Crippen LogP contribution < -0.4 is 5.73 Å². The van der Waals surface area contributed by atoms with Crippen molar-refractivity contribution in [2.45, 2.75) is 64.0 Å². The fourth-order valence-corrected chi connectivity index (χ4v) is 3.86. The summed E-state index contributed by atoms with van der Waals surface area (Å²) in [5, 5.41) is 0. The first-order valence-electron chi connectivity index (χ1n) is 7.22. The average Bonchev–Trinajstić information content (AvgIpc) is 3.12. The predicted octanol–water partition coefficient (Wildman–Crippen LogP) is 1.90. The lowest BCUT2D eigenvalue weighted by Gasteiger charge is -2.34. The predicted molar refractivity (Wildman–Crippen MR) is 67.4 cm³/mol. The standard InChI is InChI=1S/C14H24N2O/c1-10(11-5-3-2-4-6-11)16-9-12(15)14(7-8-14)13(16)17/h10-12H,2-9,15H2,1H3. The van der Waals surface area contributed by atoms with Crippen molar-refractivity contribution in [1.82, 2.24) is 4.90 Å². The molecule has 2 aliphatic carbocycles. The number of hydrogen-bond donors (Lipinski definition) is 1. The van der Waals surface area contributed by atoms with Gasteiger partial charge in [-0.15, -0.1) is 0 Å². The number of nitrogens with two attached hydrogens (primary N) is 1. The zero-order valence-electron chi connectivity index (χ0n) is 10.8. The lowest BCUT2D eigenvalue weighted by molar-refractivity contribution is -0.134. The molecule has 2 saturated carbocycles. The normalized spacial score (nSPS) is 34.4. The van der Waals surface area contributed by atoms with Crippen LogP contribution in [0.5, 0.6) is 0 Å². The second-order valence-corrected chi connectivity index (χ2v) is 6.36. The minimum atomic E-state index is -0.122. The molecule has 1 amide bonds. The van der Waals surface area contributed by atoms with Gasteiger partial charge in [0.05, 0.1) is 5.41 Å². The fraction of sp³-hybridized carbons (Fsp3) is 0.929. The number of rotatable bonds is 2. The smallest absolute Gasteiger partial charge is 0.230 e. The highest BCUT2D eigenvalue weighted by Crippen LogP contribution is 2.53. The molecule has 3 heteroatoms. The average molecular weight is 236 g/mol. The lowest BCUT2D eigenvalue weighted by atomic mass is 9.84. The summed E-state index contributed by atoms with van der Waals surface area (Å²) in [6.45, 7) is 3.04. The van der Waals surface area contributed by atoms with Crippen LogP contribution in [0, 0.1) is 11.3 Å². The number of hydrogen-bond acceptors (Lipinski definition) is 2. The SMILES string of the molecule is CC(C1CCCCC1)N1CC(N)C2(CC2)C1=O. The summed E-state index contributed by atoms with van der Waals surface area (Å²) in [4.78, 5) is 14.5. The molecule has 96 valence electrons. The molecule has 1 heterocycles. The Labute approximate surface area is 104 Å². The van der Waals surface area contributed by atoms with Crippen molar-refractivity contribution in [1.29, 1.82) is 0 Å². The maximum absolute atomic E-state index is 12.4. The van der Waals surface area contributed by atoms with Crippen LogP contribution in [0.4, 0.5) is 0 Å². The maximum Gasteiger partial charge on any atom is 0.230 e. The molecule has 2 atom stereocenters. The third-order valence-electron chi connectivity index (χ3n) is 5.40. The van der Waals surface area contributed by atoms with E-state index in [0.29, 0.717) is 17.9 Å². The highest BCUT2D eigenvalue weighted by Gasteiger charge is 2.61. The van der Waals surface area contributed by atoms with E-state index in [9.17, 15) is 4.79 Å². The van der Waals surface area contributed by atoms with Crippen LogP contribution in [0.1, 0.15) is 51.9 Å². The largest absolute Gasteiger partial charge is 0.338 e. The van der Waals surface area contributed by atoms with Crippen molar-refractivity contribution in [3.63, 3.8) is 0 Å². The Kier molecular flexibility index (Phi) is 2.69. The van der Waals surface area contributed by atoms with Crippen molar-refractivity contribution in [2.24, 2.45) is 17.1 Å². The molecule has 0 bridgehead atoms. The van der Waals surface area contributed by atoms with Crippen LogP contribution >= 0.6 is 0 Å². The van der Waals surface area contributed by atoms with Gasteiger partial charge in [0.1, 0.15) is 0 Å². The van der Waals surface area contributed by atoms with Gasteiger partial charge in [-0.05, 0) is 38.5 Å². The summed E-state index contributed by atoms with van der Waals surface area (Å²) in [6.07, 6.45) is 8.71. The van der Waals surface area contributed by atoms with E-state index < -0.39 is 0 Å². The Balaban J connectivity index is 1.70. The van der Waals surface area contributed by atoms with Gasteiger partial charge in [0.25, 0.3) is 0 Å². The van der Waals surface area contributed by atoms with Crippen molar-refractivity contribution in [3.8, 4) is 0 Å². The fourth-order valence-electron chi connectivity index (χ4n) is 3.86. The third-order valence-corrected chi connectivity index (χ3v) is 5.40. The number of amides is 1. The van der Waals surface area contributed by atoms with Gasteiger partial charge in [0, 0.05) is 18.6 Å². The van der Waals surface area contributed by atoms with Crippen LogP contribution in [0.3, 0.4) is 0 Å². The maximum atomic E-state index is 12.4. The van der Waals surface area contributed by atoms with Crippen LogP contribution in [0.15, 0.2) is 0 Å². The molecule has 3 aliphatic rings. The summed E-state index contributed by atoms with van der Waals surface area (Å²) in [7, 11) is 0. The van der Waals surface area contributed by atoms with Gasteiger partial charge in [-0.2, -0.15) is 0 Å². The summed E-state index contributed by atoms with van der Waals surface area (Å²) >= 11 is 0. The Bertz CT molecular complexity index is 318. The molecule has 0 aromatic carbocycles. The number of carbonyl (C=O) groups is 1. The van der Waals surface area contributed by atoms with Crippen molar-refractivity contribution in [3.05, 3.63) is 0 Å². The van der Waals surface area contributed by atoms with Crippen LogP contribution in [0.25, 0.3) is 0 Å². The van der Waals surface area contributed by atoms with E-state index in [1.807, 2.05) is 0 Å². The molecule has 3 rings (SSSR count). The van der Waals surface area contributed by atoms with Gasteiger partial charge in [-0.3, -0.25) is 4.79 Å². The van der Waals surface area contributed by atoms with Gasteiger partial charge in [0.2, 0.25) is 5.91 Å². The third kappa shape index (κ3) is 1.70. The van der Waals surface area contributed by atoms with E-state index in [1.165, 1.54) is 32.1 Å². The summed E-state index contributed by atoms with van der Waals surface area (Å²) in [5.41, 5.74) is 6.04. The van der Waals surface area contributed by atoms with E-state index in [0.717, 1.165) is 19.4 Å². The number of likely N-dealkylation sites (tertiary alicyclic amines) is 1. The Morgan fingerprint density at radius 1 is 1.29 bits per heavy atom. The van der Waals surface area contributed by atoms with Crippen LogP contribution in [-0.4, -0.2) is 29.4 Å². The number of carbonyl (C=O) groups excluding carboxylic acids is 1. The van der Waals surface area contributed by atoms with Gasteiger partial charge in [-0.1, -0.05) is 19.3 Å². The highest BCUT2D eigenvalue weighted by atomic mass is 16.2. The summed E-state index contributed by atoms with van der Waals surface area (Å²) < 4.78 is 0. The van der Waals surface area contributed by atoms with E-state index >= 15 is 0 Å². The topological polar surface area (TPSA) is 46.3 Å². The van der Waals surface area contributed by atoms with Crippen LogP contribution in [0.2, 0.25) is 0 Å². The molecule has 3 fully saturated rings. The van der Waals surface area contributed by atoms with E-state index in [4.69, 9.17) is 5.73 Å². The molecule has 2 unspecified atom stereocenters. The Hall–Kier alpha value is -0.570. The molecule has 1 aliphatic heterocycles. The molecule has 1 spiro atoms. The molecular weight excluding hydrogens is 212 g/mol. The Morgan fingerprint density at radius 2 is 1.94 bits per heavy atom. The van der Waals surface area contributed by atoms with E-state index in [2.05, 4.69) is 11.8 Å². The molecule has 0 aromatic heterocycles. The minimum Gasteiger partial charge on any atom is -0.338 e. The van der Waals surface area contributed by atoms with Crippen molar-refractivity contribution < 1.29 is 4.79 Å². The van der Waals surface area contributed by atoms with E-state index in [-0.39, 0.29) is 11.5 Å². The monoisotopic (exact) mass is 236 g/mol. The van der Waals surface area contributed by atoms with Crippen molar-refractivity contribution >= 4 is 5.91 Å². The summed E-state index contributed by atoms with van der Waals surface area (Å²) in [5.74, 6) is 1.08. The van der Waals surface area contributed by atoms with Crippen LogP contribution in [-0.2, 0) is 4.79 Å². The zero-order valence-corrected chi connectivity index (χ0v) is 10.8. The second kappa shape index (κ2) is 3.98. The molecular formula is C14H24N2O. The molecule has 0 aromatic rings. The lowest BCUT2D eigenvalue weighted by Crippen LogP contribution is -2.41. The quantitative estimate of drug-likeness (QED) is 0.796. The highest BCUT2D eigenvalue weighted by molar-refractivity contribution is 5.89. The Morgan fingerprint density at radius 3 is 2.47 bits per heavy atom. The number of nitrogens with zero attached hydrogens (tertiary/aromatic N) is 1. The molecule has 17 heavy (non-hydrogen) atoms. The first-order valence-corrected chi connectivity index (χ1v) is 7.22. The first kappa shape index (κ1) is 11.5. The molecule has 1 saturated heterocycles. The van der Waals surface area contributed by atoms with Gasteiger partial charge >= 0.3 is 0 Å². The minimum absolute atomic E-state index is 0.0982. The van der Waals surface area contributed by atoms with Gasteiger partial charge < -0.3 is 10.6 Å². The van der Waals surface area contributed by atoms with Gasteiger partial charge in [-0.25, -0.2) is 0 Å². The molecule has 0 radical (unpaired) electrons. The second-order valence-electron chi connectivity index (χ2n) is 6.36. The zero-order chi connectivity index (χ0) is 12.0. The van der Waals surface area contributed by atoms with Gasteiger partial charge in [0.15, 0.2) is 0 Å². The molecule has 2 N–H and O–H groups in total. The first-order chi connectivity index (χ1) is 8.15. The van der Waals surface area contributed by atoms with Crippen molar-refractivity contribution in [2.75, 3.05) is 6.54 Å². The van der Waals surface area contributed by atoms with E-state index in [1.54, 1.807) is 0 Å².